The second-order valence-corrected chi connectivity index (χ2v) is 4.65. The normalized spacial score (nSPS) is 24.7. The quantitative estimate of drug-likeness (QED) is 0.849. The maximum atomic E-state index is 12.2. The van der Waals surface area contributed by atoms with E-state index in [9.17, 15) is 22.8 Å². The summed E-state index contributed by atoms with van der Waals surface area (Å²) in [5, 5.41) is 8.98. The van der Waals surface area contributed by atoms with E-state index in [-0.39, 0.29) is 0 Å². The van der Waals surface area contributed by atoms with Crippen molar-refractivity contribution in [3.8, 4) is 0 Å². The van der Waals surface area contributed by atoms with Crippen LogP contribution >= 0.6 is 0 Å². The smallest absolute Gasteiger partial charge is 0.406 e. The number of halogens is 3. The summed E-state index contributed by atoms with van der Waals surface area (Å²) in [5.41, 5.74) is 0. The minimum absolute atomic E-state index is 0.345. The molecule has 0 saturated heterocycles. The number of hydrogen-bond donors (Lipinski definition) is 1. The van der Waals surface area contributed by atoms with E-state index in [0.717, 1.165) is 7.05 Å². The van der Waals surface area contributed by atoms with Crippen molar-refractivity contribution < 1.29 is 27.9 Å². The van der Waals surface area contributed by atoms with Crippen LogP contribution in [0.25, 0.3) is 0 Å². The monoisotopic (exact) mass is 267 g/mol. The summed E-state index contributed by atoms with van der Waals surface area (Å²) in [5.74, 6) is -3.52. The van der Waals surface area contributed by atoms with Gasteiger partial charge in [0.15, 0.2) is 0 Å². The first-order valence-corrected chi connectivity index (χ1v) is 5.77. The second kappa shape index (κ2) is 5.58. The zero-order chi connectivity index (χ0) is 13.9. The molecule has 4 nitrogen and oxygen atoms in total. The van der Waals surface area contributed by atoms with Gasteiger partial charge in [-0.15, -0.1) is 0 Å². The molecule has 1 rings (SSSR count). The second-order valence-electron chi connectivity index (χ2n) is 4.65. The fourth-order valence-corrected chi connectivity index (χ4v) is 2.35. The molecule has 0 aromatic rings. The van der Waals surface area contributed by atoms with Crippen molar-refractivity contribution in [2.75, 3.05) is 13.6 Å². The van der Waals surface area contributed by atoms with Crippen molar-refractivity contribution in [1.29, 1.82) is 0 Å². The van der Waals surface area contributed by atoms with Crippen LogP contribution in [-0.4, -0.2) is 41.7 Å². The molecule has 0 spiro atoms. The van der Waals surface area contributed by atoms with Gasteiger partial charge in [-0.25, -0.2) is 0 Å². The van der Waals surface area contributed by atoms with Crippen molar-refractivity contribution in [3.05, 3.63) is 0 Å². The first kappa shape index (κ1) is 14.8. The molecule has 0 aromatic carbocycles. The lowest BCUT2D eigenvalue weighted by atomic mass is 9.78. The van der Waals surface area contributed by atoms with E-state index in [1.165, 1.54) is 0 Å². The molecule has 0 aliphatic heterocycles. The Morgan fingerprint density at radius 1 is 1.22 bits per heavy atom. The Morgan fingerprint density at radius 2 is 1.72 bits per heavy atom. The molecule has 18 heavy (non-hydrogen) atoms. The van der Waals surface area contributed by atoms with Crippen LogP contribution < -0.4 is 0 Å². The van der Waals surface area contributed by atoms with Gasteiger partial charge in [-0.05, 0) is 12.8 Å². The zero-order valence-corrected chi connectivity index (χ0v) is 10.0. The largest absolute Gasteiger partial charge is 0.481 e. The molecule has 2 unspecified atom stereocenters. The highest BCUT2D eigenvalue weighted by molar-refractivity contribution is 5.84. The predicted octanol–water partition coefficient (Wildman–Crippen LogP) is 1.90. The van der Waals surface area contributed by atoms with Crippen LogP contribution in [0.2, 0.25) is 0 Å². The summed E-state index contributed by atoms with van der Waals surface area (Å²) in [4.78, 5) is 23.4. The lowest BCUT2D eigenvalue weighted by molar-refractivity contribution is -0.165. The molecule has 1 N–H and O–H groups in total. The fraction of sp³-hybridized carbons (Fsp3) is 0.818. The molecule has 2 atom stereocenters. The number of hydrogen-bond acceptors (Lipinski definition) is 2. The summed E-state index contributed by atoms with van der Waals surface area (Å²) < 4.78 is 36.5. The van der Waals surface area contributed by atoms with Gasteiger partial charge < -0.3 is 10.0 Å². The zero-order valence-electron chi connectivity index (χ0n) is 10.0. The minimum Gasteiger partial charge on any atom is -0.481 e. The van der Waals surface area contributed by atoms with Gasteiger partial charge in [-0.3, -0.25) is 9.59 Å². The molecule has 0 aromatic heterocycles. The van der Waals surface area contributed by atoms with Gasteiger partial charge >= 0.3 is 12.1 Å². The van der Waals surface area contributed by atoms with E-state index in [4.69, 9.17) is 5.11 Å². The van der Waals surface area contributed by atoms with Gasteiger partial charge in [-0.1, -0.05) is 12.8 Å². The van der Waals surface area contributed by atoms with Crippen LogP contribution in [0.4, 0.5) is 13.2 Å². The van der Waals surface area contributed by atoms with E-state index in [1.807, 2.05) is 0 Å². The van der Waals surface area contributed by atoms with Gasteiger partial charge in [0, 0.05) is 7.05 Å². The Labute approximate surface area is 103 Å². The summed E-state index contributed by atoms with van der Waals surface area (Å²) in [7, 11) is 1.06. The van der Waals surface area contributed by atoms with Gasteiger partial charge in [0.05, 0.1) is 11.8 Å². The van der Waals surface area contributed by atoms with Gasteiger partial charge in [0.2, 0.25) is 5.91 Å². The van der Waals surface area contributed by atoms with E-state index in [1.54, 1.807) is 0 Å². The van der Waals surface area contributed by atoms with Crippen LogP contribution in [0.3, 0.4) is 0 Å². The molecule has 1 fully saturated rings. The summed E-state index contributed by atoms with van der Waals surface area (Å²) in [6.45, 7) is -1.34. The molecule has 0 bridgehead atoms. The summed E-state index contributed by atoms with van der Waals surface area (Å²) in [6, 6.07) is 0. The minimum atomic E-state index is -4.46. The highest BCUT2D eigenvalue weighted by atomic mass is 19.4. The number of rotatable bonds is 3. The Balaban J connectivity index is 2.71. The Hall–Kier alpha value is -1.27. The number of carboxylic acids is 1. The Morgan fingerprint density at radius 3 is 2.17 bits per heavy atom. The average molecular weight is 267 g/mol. The SMILES string of the molecule is CN(CC(F)(F)F)C(=O)C1CCCCC1C(=O)O. The molecule has 0 heterocycles. The first-order valence-electron chi connectivity index (χ1n) is 5.77. The van der Waals surface area contributed by atoms with Crippen molar-refractivity contribution in [3.63, 3.8) is 0 Å². The average Bonchev–Trinajstić information content (AvgIpc) is 2.25. The van der Waals surface area contributed by atoms with Crippen molar-refractivity contribution >= 4 is 11.9 Å². The van der Waals surface area contributed by atoms with Crippen LogP contribution in [0.15, 0.2) is 0 Å². The third kappa shape index (κ3) is 3.89. The fourth-order valence-electron chi connectivity index (χ4n) is 2.35. The topological polar surface area (TPSA) is 57.6 Å². The van der Waals surface area contributed by atoms with Crippen molar-refractivity contribution in [1.82, 2.24) is 4.90 Å². The molecule has 0 radical (unpaired) electrons. The standard InChI is InChI=1S/C11H16F3NO3/c1-15(6-11(12,13)14)9(16)7-4-2-3-5-8(7)10(17)18/h7-8H,2-6H2,1H3,(H,17,18). The maximum absolute atomic E-state index is 12.2. The Kier molecular flexibility index (Phi) is 4.59. The van der Waals surface area contributed by atoms with E-state index >= 15 is 0 Å². The number of amides is 1. The summed E-state index contributed by atoms with van der Waals surface area (Å²) in [6.07, 6.45) is -2.38. The molecule has 7 heteroatoms. The van der Waals surface area contributed by atoms with E-state index in [0.29, 0.717) is 30.6 Å². The number of aliphatic carboxylic acids is 1. The first-order chi connectivity index (χ1) is 8.22. The van der Waals surface area contributed by atoms with Crippen molar-refractivity contribution in [2.24, 2.45) is 11.8 Å². The van der Waals surface area contributed by atoms with Crippen LogP contribution in [0.1, 0.15) is 25.7 Å². The molecule has 1 aliphatic rings. The molecule has 104 valence electrons. The summed E-state index contributed by atoms with van der Waals surface area (Å²) >= 11 is 0. The van der Waals surface area contributed by atoms with Crippen LogP contribution in [-0.2, 0) is 9.59 Å². The lowest BCUT2D eigenvalue weighted by Gasteiger charge is -2.31. The predicted molar refractivity (Wildman–Crippen MR) is 56.8 cm³/mol. The third-order valence-electron chi connectivity index (χ3n) is 3.19. The van der Waals surface area contributed by atoms with Crippen LogP contribution in [0.5, 0.6) is 0 Å². The molecule has 1 saturated carbocycles. The van der Waals surface area contributed by atoms with Gasteiger partial charge in [-0.2, -0.15) is 13.2 Å². The van der Waals surface area contributed by atoms with E-state index in [2.05, 4.69) is 0 Å². The van der Waals surface area contributed by atoms with E-state index < -0.39 is 36.4 Å². The maximum Gasteiger partial charge on any atom is 0.406 e. The van der Waals surface area contributed by atoms with Crippen molar-refractivity contribution in [2.45, 2.75) is 31.9 Å². The number of carbonyl (C=O) groups is 2. The molecular formula is C11H16F3NO3. The Bertz CT molecular complexity index is 330. The molecule has 1 amide bonds. The number of carbonyl (C=O) groups excluding carboxylic acids is 1. The molecule has 1 aliphatic carbocycles. The lowest BCUT2D eigenvalue weighted by Crippen LogP contribution is -2.44. The third-order valence-corrected chi connectivity index (χ3v) is 3.19. The number of nitrogens with zero attached hydrogens (tertiary/aromatic N) is 1. The number of carboxylic acid groups (broad SMARTS) is 1. The van der Waals surface area contributed by atoms with Gasteiger partial charge in [0.25, 0.3) is 0 Å². The molecular weight excluding hydrogens is 251 g/mol. The highest BCUT2D eigenvalue weighted by Crippen LogP contribution is 2.32. The highest BCUT2D eigenvalue weighted by Gasteiger charge is 2.39. The number of alkyl halides is 3. The van der Waals surface area contributed by atoms with Crippen LogP contribution in [0, 0.1) is 11.8 Å². The van der Waals surface area contributed by atoms with Gasteiger partial charge in [0.1, 0.15) is 6.54 Å².